The minimum absolute atomic E-state index is 0.222. The summed E-state index contributed by atoms with van der Waals surface area (Å²) in [6.45, 7) is 8.50. The summed E-state index contributed by atoms with van der Waals surface area (Å²) in [4.78, 5) is 5.92. The van der Waals surface area contributed by atoms with Gasteiger partial charge in [0.15, 0.2) is 0 Å². The Labute approximate surface area is 113 Å². The first-order chi connectivity index (χ1) is 8.77. The van der Waals surface area contributed by atoms with Crippen LogP contribution >= 0.6 is 11.3 Å². The van der Waals surface area contributed by atoms with Gasteiger partial charge in [0.05, 0.1) is 0 Å². The molecular weight excluding hydrogens is 242 g/mol. The van der Waals surface area contributed by atoms with Crippen molar-refractivity contribution in [2.45, 2.75) is 39.8 Å². The van der Waals surface area contributed by atoms with Crippen LogP contribution in [0, 0.1) is 6.92 Å². The van der Waals surface area contributed by atoms with E-state index < -0.39 is 0 Å². The van der Waals surface area contributed by atoms with Gasteiger partial charge >= 0.3 is 0 Å². The molecule has 2 aromatic rings. The van der Waals surface area contributed by atoms with E-state index in [1.165, 1.54) is 10.4 Å². The number of nitrogens with zero attached hydrogens (tertiary/aromatic N) is 2. The van der Waals surface area contributed by atoms with Crippen molar-refractivity contribution in [3.63, 3.8) is 0 Å². The van der Waals surface area contributed by atoms with E-state index in [0.29, 0.717) is 0 Å². The lowest BCUT2D eigenvalue weighted by atomic mass is 10.1. The fraction of sp³-hybridized carbons (Fsp3) is 0.500. The van der Waals surface area contributed by atoms with Gasteiger partial charge in [-0.1, -0.05) is 6.92 Å². The third-order valence-corrected chi connectivity index (χ3v) is 4.19. The topological polar surface area (TPSA) is 29.9 Å². The Bertz CT molecular complexity index is 487. The van der Waals surface area contributed by atoms with Gasteiger partial charge < -0.3 is 9.88 Å². The normalized spacial score (nSPS) is 12.8. The van der Waals surface area contributed by atoms with E-state index in [0.717, 1.165) is 25.3 Å². The Kier molecular flexibility index (Phi) is 4.55. The molecule has 0 saturated carbocycles. The third-order valence-electron chi connectivity index (χ3n) is 3.11. The molecule has 0 aliphatic carbocycles. The molecule has 0 bridgehead atoms. The Morgan fingerprint density at radius 1 is 1.44 bits per heavy atom. The highest BCUT2D eigenvalue weighted by molar-refractivity contribution is 7.10. The summed E-state index contributed by atoms with van der Waals surface area (Å²) in [7, 11) is 0. The van der Waals surface area contributed by atoms with E-state index >= 15 is 0 Å². The average Bonchev–Trinajstić information content (AvgIpc) is 2.99. The van der Waals surface area contributed by atoms with E-state index in [-0.39, 0.29) is 6.04 Å². The number of aryl methyl sites for hydroxylation is 2. The molecule has 2 rings (SSSR count). The first-order valence-corrected chi connectivity index (χ1v) is 7.44. The summed E-state index contributed by atoms with van der Waals surface area (Å²) in [5.41, 5.74) is 1.35. The molecule has 1 unspecified atom stereocenters. The van der Waals surface area contributed by atoms with Gasteiger partial charge in [-0.2, -0.15) is 0 Å². The van der Waals surface area contributed by atoms with Gasteiger partial charge in [-0.15, -0.1) is 11.3 Å². The monoisotopic (exact) mass is 263 g/mol. The standard InChI is InChI=1S/C14H21N3S/c1-4-7-15-12(13-11(3)6-10-18-13)14-16-8-9-17(14)5-2/h6,8-10,12,15H,4-5,7H2,1-3H3. The molecule has 3 nitrogen and oxygen atoms in total. The minimum Gasteiger partial charge on any atom is -0.334 e. The highest BCUT2D eigenvalue weighted by Crippen LogP contribution is 2.28. The van der Waals surface area contributed by atoms with Gasteiger partial charge in [0.1, 0.15) is 11.9 Å². The van der Waals surface area contributed by atoms with Gasteiger partial charge in [-0.3, -0.25) is 0 Å². The Balaban J connectivity index is 2.34. The van der Waals surface area contributed by atoms with Gasteiger partial charge in [-0.05, 0) is 43.8 Å². The first kappa shape index (κ1) is 13.3. The van der Waals surface area contributed by atoms with Crippen LogP contribution in [-0.2, 0) is 6.54 Å². The molecule has 0 spiro atoms. The molecule has 2 heterocycles. The lowest BCUT2D eigenvalue weighted by molar-refractivity contribution is 0.546. The van der Waals surface area contributed by atoms with Crippen molar-refractivity contribution in [2.24, 2.45) is 0 Å². The zero-order chi connectivity index (χ0) is 13.0. The highest BCUT2D eigenvalue weighted by Gasteiger charge is 2.20. The second-order valence-corrected chi connectivity index (χ2v) is 5.37. The van der Waals surface area contributed by atoms with Crippen LogP contribution < -0.4 is 5.32 Å². The smallest absolute Gasteiger partial charge is 0.131 e. The maximum absolute atomic E-state index is 4.54. The van der Waals surface area contributed by atoms with Gasteiger partial charge in [0.25, 0.3) is 0 Å². The van der Waals surface area contributed by atoms with Gasteiger partial charge in [-0.25, -0.2) is 4.98 Å². The van der Waals surface area contributed by atoms with Crippen molar-refractivity contribution in [2.75, 3.05) is 6.54 Å². The molecule has 0 aliphatic heterocycles. The quantitative estimate of drug-likeness (QED) is 0.866. The lowest BCUT2D eigenvalue weighted by Gasteiger charge is -2.19. The molecule has 2 aromatic heterocycles. The summed E-state index contributed by atoms with van der Waals surface area (Å²) < 4.78 is 2.21. The fourth-order valence-electron chi connectivity index (χ4n) is 2.12. The maximum Gasteiger partial charge on any atom is 0.131 e. The zero-order valence-electron chi connectivity index (χ0n) is 11.3. The summed E-state index contributed by atoms with van der Waals surface area (Å²) in [5, 5.41) is 5.77. The van der Waals surface area contributed by atoms with Crippen molar-refractivity contribution >= 4 is 11.3 Å². The van der Waals surface area contributed by atoms with Gasteiger partial charge in [0.2, 0.25) is 0 Å². The second-order valence-electron chi connectivity index (χ2n) is 4.43. The van der Waals surface area contributed by atoms with Crippen LogP contribution in [-0.4, -0.2) is 16.1 Å². The molecule has 98 valence electrons. The van der Waals surface area contributed by atoms with Crippen LogP contribution in [0.4, 0.5) is 0 Å². The van der Waals surface area contributed by atoms with Gasteiger partial charge in [0, 0.05) is 23.8 Å². The Hall–Kier alpha value is -1.13. The van der Waals surface area contributed by atoms with E-state index in [1.54, 1.807) is 0 Å². The van der Waals surface area contributed by atoms with Crippen molar-refractivity contribution in [1.82, 2.24) is 14.9 Å². The number of hydrogen-bond donors (Lipinski definition) is 1. The summed E-state index contributed by atoms with van der Waals surface area (Å²) >= 11 is 1.81. The number of aromatic nitrogens is 2. The Morgan fingerprint density at radius 3 is 2.89 bits per heavy atom. The summed E-state index contributed by atoms with van der Waals surface area (Å²) in [6, 6.07) is 2.40. The highest BCUT2D eigenvalue weighted by atomic mass is 32.1. The number of nitrogens with one attached hydrogen (secondary N) is 1. The molecule has 0 radical (unpaired) electrons. The van der Waals surface area contributed by atoms with E-state index in [4.69, 9.17) is 0 Å². The predicted molar refractivity (Wildman–Crippen MR) is 77.1 cm³/mol. The average molecular weight is 263 g/mol. The van der Waals surface area contributed by atoms with Crippen LogP contribution in [0.2, 0.25) is 0 Å². The largest absolute Gasteiger partial charge is 0.334 e. The Morgan fingerprint density at radius 2 is 2.28 bits per heavy atom. The molecule has 1 N–H and O–H groups in total. The van der Waals surface area contributed by atoms with Crippen LogP contribution in [0.25, 0.3) is 0 Å². The van der Waals surface area contributed by atoms with Crippen LogP contribution in [0.5, 0.6) is 0 Å². The third kappa shape index (κ3) is 2.65. The molecule has 0 saturated heterocycles. The second kappa shape index (κ2) is 6.16. The fourth-order valence-corrected chi connectivity index (χ4v) is 3.12. The van der Waals surface area contributed by atoms with Crippen molar-refractivity contribution in [1.29, 1.82) is 0 Å². The molecule has 0 fully saturated rings. The summed E-state index contributed by atoms with van der Waals surface area (Å²) in [6.07, 6.45) is 5.08. The minimum atomic E-state index is 0.222. The van der Waals surface area contributed by atoms with Crippen molar-refractivity contribution in [3.8, 4) is 0 Å². The number of hydrogen-bond acceptors (Lipinski definition) is 3. The van der Waals surface area contributed by atoms with Crippen LogP contribution in [0.1, 0.15) is 42.6 Å². The van der Waals surface area contributed by atoms with Crippen LogP contribution in [0.15, 0.2) is 23.8 Å². The molecule has 0 amide bonds. The molecule has 0 aliphatic rings. The lowest BCUT2D eigenvalue weighted by Crippen LogP contribution is -2.26. The van der Waals surface area contributed by atoms with E-state index in [1.807, 2.05) is 17.5 Å². The van der Waals surface area contributed by atoms with Crippen LogP contribution in [0.3, 0.4) is 0 Å². The zero-order valence-corrected chi connectivity index (χ0v) is 12.1. The molecule has 1 atom stereocenters. The predicted octanol–water partition coefficient (Wildman–Crippen LogP) is 3.36. The van der Waals surface area contributed by atoms with Crippen molar-refractivity contribution < 1.29 is 0 Å². The van der Waals surface area contributed by atoms with E-state index in [2.05, 4.69) is 53.3 Å². The first-order valence-electron chi connectivity index (χ1n) is 6.56. The SMILES string of the molecule is CCCNC(c1sccc1C)c1nccn1CC. The number of thiophene rings is 1. The number of rotatable bonds is 6. The molecule has 18 heavy (non-hydrogen) atoms. The summed E-state index contributed by atoms with van der Waals surface area (Å²) in [5.74, 6) is 1.12. The number of imidazole rings is 1. The maximum atomic E-state index is 4.54. The molecular formula is C14H21N3S. The van der Waals surface area contributed by atoms with E-state index in [9.17, 15) is 0 Å². The van der Waals surface area contributed by atoms with Crippen molar-refractivity contribution in [3.05, 3.63) is 40.1 Å². The molecule has 0 aromatic carbocycles. The molecule has 4 heteroatoms.